The lowest BCUT2D eigenvalue weighted by Crippen LogP contribution is -2.53. The van der Waals surface area contributed by atoms with Crippen LogP contribution in [-0.4, -0.2) is 72.8 Å². The predicted octanol–water partition coefficient (Wildman–Crippen LogP) is 2.80. The number of piperidine rings is 1. The second kappa shape index (κ2) is 9.95. The number of aromatic nitrogens is 2. The molecule has 2 saturated heterocycles. The lowest BCUT2D eigenvalue weighted by molar-refractivity contribution is -0.137. The van der Waals surface area contributed by atoms with Crippen molar-refractivity contribution in [1.29, 1.82) is 0 Å². The standard InChI is InChI=1S/C24H32FN5O3S/c1-17(2)23-26-18(3)15-22(27-23)28-11-13-29(14-12-28)24(31)19-5-4-10-30(16-19)34(32,33)21-8-6-20(25)7-9-21/h6-9,15,17,19H,4-5,10-14,16H2,1-3H3. The molecule has 2 fully saturated rings. The van der Waals surface area contributed by atoms with Crippen LogP contribution in [0.4, 0.5) is 10.2 Å². The quantitative estimate of drug-likeness (QED) is 0.642. The molecule has 0 saturated carbocycles. The van der Waals surface area contributed by atoms with Gasteiger partial charge in [0.2, 0.25) is 15.9 Å². The van der Waals surface area contributed by atoms with E-state index in [-0.39, 0.29) is 29.2 Å². The molecule has 0 radical (unpaired) electrons. The van der Waals surface area contributed by atoms with Crippen molar-refractivity contribution in [1.82, 2.24) is 19.2 Å². The molecule has 2 aliphatic heterocycles. The van der Waals surface area contributed by atoms with Gasteiger partial charge in [-0.3, -0.25) is 4.79 Å². The van der Waals surface area contributed by atoms with Gasteiger partial charge in [-0.05, 0) is 44.0 Å². The molecule has 0 N–H and O–H groups in total. The van der Waals surface area contributed by atoms with Crippen molar-refractivity contribution < 1.29 is 17.6 Å². The summed E-state index contributed by atoms with van der Waals surface area (Å²) in [7, 11) is -3.76. The lowest BCUT2D eigenvalue weighted by atomic mass is 9.98. The van der Waals surface area contributed by atoms with Gasteiger partial charge in [0.25, 0.3) is 0 Å². The van der Waals surface area contributed by atoms with Crippen LogP contribution in [0.15, 0.2) is 35.2 Å². The van der Waals surface area contributed by atoms with Gasteiger partial charge >= 0.3 is 0 Å². The second-order valence-corrected chi connectivity index (χ2v) is 11.3. The van der Waals surface area contributed by atoms with Crippen molar-refractivity contribution in [2.45, 2.75) is 44.4 Å². The zero-order valence-corrected chi connectivity index (χ0v) is 20.8. The molecule has 1 aromatic carbocycles. The fourth-order valence-corrected chi connectivity index (χ4v) is 6.05. The monoisotopic (exact) mass is 489 g/mol. The summed E-state index contributed by atoms with van der Waals surface area (Å²) in [5.74, 6) is 1.09. The predicted molar refractivity (Wildman–Crippen MR) is 128 cm³/mol. The average molecular weight is 490 g/mol. The number of sulfonamides is 1. The molecule has 8 nitrogen and oxygen atoms in total. The highest BCUT2D eigenvalue weighted by Gasteiger charge is 2.36. The Morgan fingerprint density at radius 3 is 2.38 bits per heavy atom. The first-order valence-electron chi connectivity index (χ1n) is 11.8. The van der Waals surface area contributed by atoms with Gasteiger partial charge in [0.05, 0.1) is 10.8 Å². The Labute approximate surface area is 200 Å². The van der Waals surface area contributed by atoms with Crippen LogP contribution in [0.25, 0.3) is 0 Å². The number of benzene rings is 1. The number of anilines is 1. The molecule has 10 heteroatoms. The summed E-state index contributed by atoms with van der Waals surface area (Å²) in [6.45, 7) is 9.10. The topological polar surface area (TPSA) is 86.7 Å². The summed E-state index contributed by atoms with van der Waals surface area (Å²) in [5, 5.41) is 0. The minimum atomic E-state index is -3.76. The van der Waals surface area contributed by atoms with Crippen molar-refractivity contribution in [2.75, 3.05) is 44.2 Å². The van der Waals surface area contributed by atoms with E-state index in [0.717, 1.165) is 29.5 Å². The van der Waals surface area contributed by atoms with Gasteiger partial charge in [-0.1, -0.05) is 13.8 Å². The molecule has 0 aliphatic carbocycles. The molecular weight excluding hydrogens is 457 g/mol. The smallest absolute Gasteiger partial charge is 0.243 e. The number of halogens is 1. The number of piperazine rings is 1. The van der Waals surface area contributed by atoms with Crippen LogP contribution in [0.1, 0.15) is 44.1 Å². The highest BCUT2D eigenvalue weighted by atomic mass is 32.2. The zero-order chi connectivity index (χ0) is 24.5. The number of rotatable bonds is 5. The number of hydrogen-bond donors (Lipinski definition) is 0. The largest absolute Gasteiger partial charge is 0.353 e. The van der Waals surface area contributed by atoms with E-state index in [0.29, 0.717) is 45.6 Å². The Kier molecular flexibility index (Phi) is 7.18. The lowest BCUT2D eigenvalue weighted by Gasteiger charge is -2.39. The maximum absolute atomic E-state index is 13.3. The number of carbonyl (C=O) groups is 1. The molecule has 3 heterocycles. The van der Waals surface area contributed by atoms with Crippen LogP contribution in [-0.2, 0) is 14.8 Å². The Bertz CT molecular complexity index is 1130. The number of amides is 1. The fourth-order valence-electron chi connectivity index (χ4n) is 4.53. The minimum Gasteiger partial charge on any atom is -0.353 e. The van der Waals surface area contributed by atoms with Crippen molar-refractivity contribution >= 4 is 21.7 Å². The molecule has 34 heavy (non-hydrogen) atoms. The van der Waals surface area contributed by atoms with E-state index in [1.165, 1.54) is 16.4 Å². The number of carbonyl (C=O) groups excluding carboxylic acids is 1. The van der Waals surface area contributed by atoms with Crippen LogP contribution in [0.3, 0.4) is 0 Å². The minimum absolute atomic E-state index is 0.000364. The van der Waals surface area contributed by atoms with E-state index >= 15 is 0 Å². The third-order valence-electron chi connectivity index (χ3n) is 6.47. The fraction of sp³-hybridized carbons (Fsp3) is 0.542. The Morgan fingerprint density at radius 2 is 1.74 bits per heavy atom. The van der Waals surface area contributed by atoms with Crippen molar-refractivity contribution in [3.63, 3.8) is 0 Å². The summed E-state index contributed by atoms with van der Waals surface area (Å²) in [6.07, 6.45) is 1.28. The van der Waals surface area contributed by atoms with Gasteiger partial charge < -0.3 is 9.80 Å². The van der Waals surface area contributed by atoms with Crippen LogP contribution in [0.2, 0.25) is 0 Å². The first kappa shape index (κ1) is 24.5. The van der Waals surface area contributed by atoms with Gasteiger partial charge in [-0.25, -0.2) is 22.8 Å². The molecule has 2 aliphatic rings. The molecule has 1 amide bonds. The van der Waals surface area contributed by atoms with E-state index in [2.05, 4.69) is 23.7 Å². The molecule has 184 valence electrons. The Morgan fingerprint density at radius 1 is 1.06 bits per heavy atom. The number of hydrogen-bond acceptors (Lipinski definition) is 6. The van der Waals surface area contributed by atoms with E-state index in [1.807, 2.05) is 17.9 Å². The van der Waals surface area contributed by atoms with Crippen LogP contribution >= 0.6 is 0 Å². The molecule has 0 spiro atoms. The summed E-state index contributed by atoms with van der Waals surface area (Å²) in [5.41, 5.74) is 0.928. The molecular formula is C24H32FN5O3S. The van der Waals surface area contributed by atoms with Gasteiger partial charge in [0, 0.05) is 56.9 Å². The van der Waals surface area contributed by atoms with E-state index in [9.17, 15) is 17.6 Å². The SMILES string of the molecule is Cc1cc(N2CCN(C(=O)C3CCCN(S(=O)(=O)c4ccc(F)cc4)C3)CC2)nc(C(C)C)n1. The molecule has 1 atom stereocenters. The summed E-state index contributed by atoms with van der Waals surface area (Å²) in [4.78, 5) is 26.5. The molecule has 1 aromatic heterocycles. The van der Waals surface area contributed by atoms with E-state index in [1.54, 1.807) is 0 Å². The first-order valence-corrected chi connectivity index (χ1v) is 13.2. The normalized spacial score (nSPS) is 20.1. The molecule has 2 aromatic rings. The van der Waals surface area contributed by atoms with E-state index < -0.39 is 15.8 Å². The summed E-state index contributed by atoms with van der Waals surface area (Å²) in [6, 6.07) is 6.80. The van der Waals surface area contributed by atoms with Crippen molar-refractivity contribution in [2.24, 2.45) is 5.92 Å². The molecule has 1 unspecified atom stereocenters. The second-order valence-electron chi connectivity index (χ2n) is 9.35. The maximum Gasteiger partial charge on any atom is 0.243 e. The van der Waals surface area contributed by atoms with Crippen molar-refractivity contribution in [3.8, 4) is 0 Å². The highest BCUT2D eigenvalue weighted by molar-refractivity contribution is 7.89. The third-order valence-corrected chi connectivity index (χ3v) is 8.35. The number of aryl methyl sites for hydroxylation is 1. The van der Waals surface area contributed by atoms with E-state index in [4.69, 9.17) is 4.98 Å². The molecule has 4 rings (SSSR count). The van der Waals surface area contributed by atoms with Crippen LogP contribution in [0.5, 0.6) is 0 Å². The number of nitrogens with zero attached hydrogens (tertiary/aromatic N) is 5. The average Bonchev–Trinajstić information content (AvgIpc) is 2.83. The Hall–Kier alpha value is -2.59. The maximum atomic E-state index is 13.3. The van der Waals surface area contributed by atoms with Gasteiger partial charge in [-0.15, -0.1) is 0 Å². The third kappa shape index (κ3) is 5.22. The van der Waals surface area contributed by atoms with Gasteiger partial charge in [0.15, 0.2) is 0 Å². The zero-order valence-electron chi connectivity index (χ0n) is 19.9. The molecule has 0 bridgehead atoms. The summed E-state index contributed by atoms with van der Waals surface area (Å²) >= 11 is 0. The van der Waals surface area contributed by atoms with Crippen LogP contribution < -0.4 is 4.90 Å². The van der Waals surface area contributed by atoms with Gasteiger partial charge in [0.1, 0.15) is 17.5 Å². The Balaban J connectivity index is 1.39. The van der Waals surface area contributed by atoms with Crippen molar-refractivity contribution in [3.05, 3.63) is 47.7 Å². The van der Waals surface area contributed by atoms with Gasteiger partial charge in [-0.2, -0.15) is 4.31 Å². The highest BCUT2D eigenvalue weighted by Crippen LogP contribution is 2.26. The van der Waals surface area contributed by atoms with Crippen LogP contribution in [0, 0.1) is 18.7 Å². The first-order chi connectivity index (χ1) is 16.1. The summed E-state index contributed by atoms with van der Waals surface area (Å²) < 4.78 is 40.6.